The van der Waals surface area contributed by atoms with E-state index in [1.54, 1.807) is 7.11 Å². The Hall–Kier alpha value is -2.78. The first-order valence-corrected chi connectivity index (χ1v) is 8.91. The Morgan fingerprint density at radius 2 is 1.38 bits per heavy atom. The summed E-state index contributed by atoms with van der Waals surface area (Å²) in [6, 6.07) is 27.1. The molecular formula is C23H23NO2. The van der Waals surface area contributed by atoms with E-state index in [1.807, 2.05) is 24.3 Å². The fourth-order valence-corrected chi connectivity index (χ4v) is 3.68. The lowest BCUT2D eigenvalue weighted by atomic mass is 9.84. The third kappa shape index (κ3) is 3.18. The number of hydrogen-bond donors (Lipinski definition) is 0. The molecule has 2 unspecified atom stereocenters. The van der Waals surface area contributed by atoms with E-state index in [0.29, 0.717) is 5.92 Å². The predicted molar refractivity (Wildman–Crippen MR) is 104 cm³/mol. The molecule has 3 aromatic rings. The highest BCUT2D eigenvalue weighted by Crippen LogP contribution is 2.39. The van der Waals surface area contributed by atoms with Crippen LogP contribution < -0.4 is 9.47 Å². The zero-order chi connectivity index (χ0) is 17.9. The second-order valence-corrected chi connectivity index (χ2v) is 6.68. The van der Waals surface area contributed by atoms with Gasteiger partial charge in [0.15, 0.2) is 6.23 Å². The van der Waals surface area contributed by atoms with E-state index in [4.69, 9.17) is 9.47 Å². The Bertz CT molecular complexity index is 861. The highest BCUT2D eigenvalue weighted by molar-refractivity contribution is 5.42. The molecule has 1 aliphatic rings. The largest absolute Gasteiger partial charge is 0.497 e. The first kappa shape index (κ1) is 16.7. The zero-order valence-electron chi connectivity index (χ0n) is 15.1. The van der Waals surface area contributed by atoms with Crippen LogP contribution in [0, 0.1) is 0 Å². The molecule has 3 heteroatoms. The van der Waals surface area contributed by atoms with Crippen molar-refractivity contribution in [2.75, 3.05) is 20.7 Å². The molecule has 0 amide bonds. The number of hydrogen-bond acceptors (Lipinski definition) is 3. The summed E-state index contributed by atoms with van der Waals surface area (Å²) in [7, 11) is 3.80. The molecule has 1 aliphatic heterocycles. The van der Waals surface area contributed by atoms with Crippen molar-refractivity contribution in [1.82, 2.24) is 4.90 Å². The van der Waals surface area contributed by atoms with Crippen LogP contribution in [0.3, 0.4) is 0 Å². The maximum absolute atomic E-state index is 6.35. The number of nitrogens with zero attached hydrogens (tertiary/aromatic N) is 1. The Morgan fingerprint density at radius 1 is 0.769 bits per heavy atom. The van der Waals surface area contributed by atoms with Gasteiger partial charge in [-0.3, -0.25) is 4.90 Å². The van der Waals surface area contributed by atoms with Gasteiger partial charge in [0, 0.05) is 18.0 Å². The van der Waals surface area contributed by atoms with Crippen LogP contribution in [-0.2, 0) is 0 Å². The van der Waals surface area contributed by atoms with E-state index >= 15 is 0 Å². The summed E-state index contributed by atoms with van der Waals surface area (Å²) in [4.78, 5) is 2.28. The van der Waals surface area contributed by atoms with Crippen molar-refractivity contribution in [3.05, 3.63) is 95.6 Å². The maximum Gasteiger partial charge on any atom is 0.179 e. The van der Waals surface area contributed by atoms with Crippen LogP contribution in [0.15, 0.2) is 78.9 Å². The fraction of sp³-hybridized carbons (Fsp3) is 0.217. The summed E-state index contributed by atoms with van der Waals surface area (Å²) in [6.07, 6.45) is -0.0976. The number of rotatable bonds is 4. The van der Waals surface area contributed by atoms with Gasteiger partial charge in [0.25, 0.3) is 0 Å². The van der Waals surface area contributed by atoms with Gasteiger partial charge in [0.05, 0.1) is 7.11 Å². The molecule has 4 rings (SSSR count). The monoisotopic (exact) mass is 345 g/mol. The molecule has 1 heterocycles. The molecule has 0 aromatic heterocycles. The van der Waals surface area contributed by atoms with Crippen LogP contribution in [0.1, 0.15) is 28.8 Å². The standard InChI is InChI=1S/C23H23NO2/c1-24-16-22(17-8-4-3-5-9-17)20-10-6-7-11-21(20)23(24)26-19-14-12-18(25-2)13-15-19/h3-15,22-23H,16H2,1-2H3. The van der Waals surface area contributed by atoms with Crippen molar-refractivity contribution in [1.29, 1.82) is 0 Å². The van der Waals surface area contributed by atoms with Crippen LogP contribution in [-0.4, -0.2) is 25.6 Å². The summed E-state index contributed by atoms with van der Waals surface area (Å²) in [5, 5.41) is 0. The first-order valence-electron chi connectivity index (χ1n) is 8.91. The second-order valence-electron chi connectivity index (χ2n) is 6.68. The number of likely N-dealkylation sites (N-methyl/N-ethyl adjacent to an activating group) is 1. The van der Waals surface area contributed by atoms with Gasteiger partial charge in [-0.25, -0.2) is 0 Å². The van der Waals surface area contributed by atoms with E-state index < -0.39 is 0 Å². The van der Waals surface area contributed by atoms with E-state index in [1.165, 1.54) is 16.7 Å². The van der Waals surface area contributed by atoms with E-state index in [-0.39, 0.29) is 6.23 Å². The summed E-state index contributed by atoms with van der Waals surface area (Å²) < 4.78 is 11.6. The topological polar surface area (TPSA) is 21.7 Å². The lowest BCUT2D eigenvalue weighted by Crippen LogP contribution is -2.38. The Morgan fingerprint density at radius 3 is 2.08 bits per heavy atom. The minimum absolute atomic E-state index is 0.0976. The number of ether oxygens (including phenoxy) is 2. The van der Waals surface area contributed by atoms with Crippen LogP contribution in [0.4, 0.5) is 0 Å². The molecule has 0 saturated carbocycles. The molecule has 0 bridgehead atoms. The first-order chi connectivity index (χ1) is 12.8. The Balaban J connectivity index is 1.67. The van der Waals surface area contributed by atoms with Gasteiger partial charge >= 0.3 is 0 Å². The van der Waals surface area contributed by atoms with Gasteiger partial charge in [-0.2, -0.15) is 0 Å². The predicted octanol–water partition coefficient (Wildman–Crippen LogP) is 4.85. The van der Waals surface area contributed by atoms with Crippen LogP contribution in [0.2, 0.25) is 0 Å². The summed E-state index contributed by atoms with van der Waals surface area (Å²) >= 11 is 0. The molecule has 3 nitrogen and oxygen atoms in total. The summed E-state index contributed by atoms with van der Waals surface area (Å²) in [5.41, 5.74) is 3.91. The molecular weight excluding hydrogens is 322 g/mol. The third-order valence-corrected chi connectivity index (χ3v) is 5.02. The zero-order valence-corrected chi connectivity index (χ0v) is 15.1. The van der Waals surface area contributed by atoms with Crippen molar-refractivity contribution in [2.24, 2.45) is 0 Å². The normalized spacial score (nSPS) is 19.6. The highest BCUT2D eigenvalue weighted by Gasteiger charge is 2.32. The average molecular weight is 345 g/mol. The SMILES string of the molecule is COc1ccc(OC2c3ccccc3C(c3ccccc3)CN2C)cc1. The third-order valence-electron chi connectivity index (χ3n) is 5.02. The second kappa shape index (κ2) is 7.22. The quantitative estimate of drug-likeness (QED) is 0.675. The summed E-state index contributed by atoms with van der Waals surface area (Å²) in [6.45, 7) is 0.919. The van der Waals surface area contributed by atoms with Crippen molar-refractivity contribution in [3.8, 4) is 11.5 Å². The van der Waals surface area contributed by atoms with Crippen molar-refractivity contribution < 1.29 is 9.47 Å². The molecule has 0 spiro atoms. The average Bonchev–Trinajstić information content (AvgIpc) is 2.71. The molecule has 2 atom stereocenters. The Labute approximate surface area is 154 Å². The number of fused-ring (bicyclic) bond motifs is 1. The van der Waals surface area contributed by atoms with Crippen LogP contribution >= 0.6 is 0 Å². The molecule has 0 aliphatic carbocycles. The lowest BCUT2D eigenvalue weighted by molar-refractivity contribution is 0.0310. The van der Waals surface area contributed by atoms with Gasteiger partial charge in [0.1, 0.15) is 11.5 Å². The Kier molecular flexibility index (Phi) is 4.63. The van der Waals surface area contributed by atoms with E-state index in [9.17, 15) is 0 Å². The van der Waals surface area contributed by atoms with Gasteiger partial charge < -0.3 is 9.47 Å². The minimum Gasteiger partial charge on any atom is -0.497 e. The van der Waals surface area contributed by atoms with Gasteiger partial charge in [-0.05, 0) is 42.4 Å². The van der Waals surface area contributed by atoms with Crippen LogP contribution in [0.25, 0.3) is 0 Å². The molecule has 132 valence electrons. The smallest absolute Gasteiger partial charge is 0.179 e. The molecule has 3 aromatic carbocycles. The van der Waals surface area contributed by atoms with E-state index in [2.05, 4.69) is 66.5 Å². The number of benzene rings is 3. The fourth-order valence-electron chi connectivity index (χ4n) is 3.68. The maximum atomic E-state index is 6.35. The molecule has 0 N–H and O–H groups in total. The van der Waals surface area contributed by atoms with Crippen molar-refractivity contribution in [2.45, 2.75) is 12.1 Å². The van der Waals surface area contributed by atoms with Crippen molar-refractivity contribution >= 4 is 0 Å². The molecule has 0 fully saturated rings. The molecule has 26 heavy (non-hydrogen) atoms. The van der Waals surface area contributed by atoms with Gasteiger partial charge in [0.2, 0.25) is 0 Å². The number of methoxy groups -OCH3 is 1. The van der Waals surface area contributed by atoms with Gasteiger partial charge in [-0.15, -0.1) is 0 Å². The highest BCUT2D eigenvalue weighted by atomic mass is 16.5. The molecule has 0 radical (unpaired) electrons. The minimum atomic E-state index is -0.0976. The van der Waals surface area contributed by atoms with Crippen LogP contribution in [0.5, 0.6) is 11.5 Å². The van der Waals surface area contributed by atoms with E-state index in [0.717, 1.165) is 18.0 Å². The summed E-state index contributed by atoms with van der Waals surface area (Å²) in [5.74, 6) is 2.03. The lowest BCUT2D eigenvalue weighted by Gasteiger charge is -2.39. The van der Waals surface area contributed by atoms with Gasteiger partial charge in [-0.1, -0.05) is 54.6 Å². The van der Waals surface area contributed by atoms with Crippen molar-refractivity contribution in [3.63, 3.8) is 0 Å². The molecule has 0 saturated heterocycles.